The van der Waals surface area contributed by atoms with Crippen LogP contribution in [0.3, 0.4) is 0 Å². The van der Waals surface area contributed by atoms with Crippen molar-refractivity contribution in [1.29, 1.82) is 0 Å². The van der Waals surface area contributed by atoms with Crippen molar-refractivity contribution in [3.05, 3.63) is 24.3 Å². The minimum absolute atomic E-state index is 0.242. The molecule has 6 heteroatoms. The molecule has 1 saturated carbocycles. The van der Waals surface area contributed by atoms with E-state index in [2.05, 4.69) is 15.8 Å². The molecule has 0 spiro atoms. The molecule has 0 atom stereocenters. The Labute approximate surface area is 123 Å². The topological polar surface area (TPSA) is 62.7 Å². The molecule has 0 unspecified atom stereocenters. The van der Waals surface area contributed by atoms with E-state index in [1.165, 1.54) is 0 Å². The fourth-order valence-corrected chi connectivity index (χ4v) is 2.12. The van der Waals surface area contributed by atoms with Gasteiger partial charge in [-0.05, 0) is 49.3 Å². The summed E-state index contributed by atoms with van der Waals surface area (Å²) >= 11 is 5.15. The zero-order valence-corrected chi connectivity index (χ0v) is 12.1. The quantitative estimate of drug-likeness (QED) is 0.662. The predicted octanol–water partition coefficient (Wildman–Crippen LogP) is 2.48. The van der Waals surface area contributed by atoms with Gasteiger partial charge in [-0.2, -0.15) is 5.10 Å². The minimum Gasteiger partial charge on any atom is -0.497 e. The van der Waals surface area contributed by atoms with Crippen LogP contribution in [-0.4, -0.2) is 23.7 Å². The highest BCUT2D eigenvalue weighted by Gasteiger charge is 2.14. The lowest BCUT2D eigenvalue weighted by atomic mass is 9.97. The van der Waals surface area contributed by atoms with Crippen molar-refractivity contribution >= 4 is 34.5 Å². The number of ketones is 1. The summed E-state index contributed by atoms with van der Waals surface area (Å²) in [5, 5.41) is 7.60. The molecular weight excluding hydrogens is 274 g/mol. The predicted molar refractivity (Wildman–Crippen MR) is 83.3 cm³/mol. The molecule has 0 aliphatic heterocycles. The first kappa shape index (κ1) is 14.5. The number of Topliss-reactive ketones (excluding diaryl/α,β-unsaturated/α-hetero) is 1. The van der Waals surface area contributed by atoms with Crippen molar-refractivity contribution in [2.24, 2.45) is 5.10 Å². The lowest BCUT2D eigenvalue weighted by Crippen LogP contribution is -2.26. The van der Waals surface area contributed by atoms with Crippen LogP contribution >= 0.6 is 12.2 Å². The highest BCUT2D eigenvalue weighted by Crippen LogP contribution is 2.15. The average molecular weight is 291 g/mol. The van der Waals surface area contributed by atoms with Crippen molar-refractivity contribution in [1.82, 2.24) is 5.43 Å². The van der Waals surface area contributed by atoms with Crippen LogP contribution in [0.1, 0.15) is 25.7 Å². The molecule has 0 aromatic heterocycles. The summed E-state index contributed by atoms with van der Waals surface area (Å²) in [5.74, 6) is 1.03. The van der Waals surface area contributed by atoms with Gasteiger partial charge in [-0.3, -0.25) is 10.2 Å². The lowest BCUT2D eigenvalue weighted by Gasteiger charge is -2.13. The largest absolute Gasteiger partial charge is 0.497 e. The van der Waals surface area contributed by atoms with E-state index in [0.717, 1.165) is 30.0 Å². The third kappa shape index (κ3) is 4.31. The minimum atomic E-state index is 0.242. The first-order chi connectivity index (χ1) is 9.67. The molecule has 20 heavy (non-hydrogen) atoms. The number of thiocarbonyl (C=S) groups is 1. The van der Waals surface area contributed by atoms with Gasteiger partial charge in [-0.1, -0.05) is 0 Å². The molecule has 5 nitrogen and oxygen atoms in total. The van der Waals surface area contributed by atoms with Crippen LogP contribution in [-0.2, 0) is 4.79 Å². The second-order valence-electron chi connectivity index (χ2n) is 4.54. The highest BCUT2D eigenvalue weighted by atomic mass is 32.1. The Morgan fingerprint density at radius 1 is 1.30 bits per heavy atom. The van der Waals surface area contributed by atoms with E-state index in [1.807, 2.05) is 24.3 Å². The van der Waals surface area contributed by atoms with Crippen LogP contribution in [0.2, 0.25) is 0 Å². The number of anilines is 1. The second-order valence-corrected chi connectivity index (χ2v) is 4.95. The number of nitrogens with zero attached hydrogens (tertiary/aromatic N) is 1. The standard InChI is InChI=1S/C14H17N3O2S/c1-19-13-7-5-10(6-8-13)15-14(20)17-16-11-3-2-4-12(18)9-11/h5-8H,2-4,9H2,1H3,(H2,15,17,20)/b16-11-. The Bertz CT molecular complexity index is 526. The van der Waals surface area contributed by atoms with Crippen LogP contribution in [0.5, 0.6) is 5.75 Å². The van der Waals surface area contributed by atoms with Gasteiger partial charge in [0.25, 0.3) is 0 Å². The molecule has 106 valence electrons. The molecule has 1 aliphatic rings. The van der Waals surface area contributed by atoms with E-state index in [9.17, 15) is 4.79 Å². The molecule has 0 bridgehead atoms. The molecule has 1 aromatic rings. The van der Waals surface area contributed by atoms with Crippen LogP contribution in [0.25, 0.3) is 0 Å². The Balaban J connectivity index is 1.85. The molecule has 0 heterocycles. The number of carbonyl (C=O) groups excluding carboxylic acids is 1. The van der Waals surface area contributed by atoms with Crippen molar-refractivity contribution in [3.8, 4) is 5.75 Å². The van der Waals surface area contributed by atoms with Gasteiger partial charge in [0.05, 0.1) is 7.11 Å². The van der Waals surface area contributed by atoms with Crippen molar-refractivity contribution < 1.29 is 9.53 Å². The maximum Gasteiger partial charge on any atom is 0.191 e. The van der Waals surface area contributed by atoms with E-state index in [1.54, 1.807) is 7.11 Å². The molecule has 2 N–H and O–H groups in total. The van der Waals surface area contributed by atoms with Gasteiger partial charge < -0.3 is 10.1 Å². The third-order valence-corrected chi connectivity index (χ3v) is 3.18. The molecule has 0 radical (unpaired) electrons. The Morgan fingerprint density at radius 3 is 2.70 bits per heavy atom. The Hall–Kier alpha value is -1.95. The van der Waals surface area contributed by atoms with Gasteiger partial charge >= 0.3 is 0 Å². The highest BCUT2D eigenvalue weighted by molar-refractivity contribution is 7.80. The third-order valence-electron chi connectivity index (χ3n) is 2.99. The normalized spacial score (nSPS) is 16.9. The van der Waals surface area contributed by atoms with Crippen molar-refractivity contribution in [2.75, 3.05) is 12.4 Å². The van der Waals surface area contributed by atoms with Gasteiger partial charge in [0.2, 0.25) is 0 Å². The molecule has 0 saturated heterocycles. The van der Waals surface area contributed by atoms with Crippen molar-refractivity contribution in [3.63, 3.8) is 0 Å². The number of hydrazone groups is 1. The number of nitrogens with one attached hydrogen (secondary N) is 2. The molecular formula is C14H17N3O2S. The number of ether oxygens (including phenoxy) is 1. The Kier molecular flexibility index (Phi) is 5.06. The van der Waals surface area contributed by atoms with Gasteiger partial charge in [0.1, 0.15) is 11.5 Å². The lowest BCUT2D eigenvalue weighted by molar-refractivity contribution is -0.118. The summed E-state index contributed by atoms with van der Waals surface area (Å²) in [6.45, 7) is 0. The van der Waals surface area contributed by atoms with Crippen LogP contribution in [0, 0.1) is 0 Å². The monoisotopic (exact) mass is 291 g/mol. The summed E-state index contributed by atoms with van der Waals surface area (Å²) in [6.07, 6.45) is 2.81. The maximum absolute atomic E-state index is 11.3. The summed E-state index contributed by atoms with van der Waals surface area (Å²) in [4.78, 5) is 11.3. The second kappa shape index (κ2) is 7.00. The zero-order valence-electron chi connectivity index (χ0n) is 11.3. The van der Waals surface area contributed by atoms with E-state index in [-0.39, 0.29) is 5.78 Å². The Morgan fingerprint density at radius 2 is 2.05 bits per heavy atom. The SMILES string of the molecule is COc1ccc(NC(=S)N/N=C2/CCCC(=O)C2)cc1. The maximum atomic E-state index is 11.3. The van der Waals surface area contributed by atoms with Crippen LogP contribution < -0.4 is 15.5 Å². The average Bonchev–Trinajstić information content (AvgIpc) is 2.46. The molecule has 1 aliphatic carbocycles. The van der Waals surface area contributed by atoms with E-state index in [0.29, 0.717) is 18.0 Å². The van der Waals surface area contributed by atoms with E-state index >= 15 is 0 Å². The number of methoxy groups -OCH3 is 1. The van der Waals surface area contributed by atoms with E-state index < -0.39 is 0 Å². The smallest absolute Gasteiger partial charge is 0.191 e. The molecule has 1 fully saturated rings. The fourth-order valence-electron chi connectivity index (χ4n) is 1.95. The van der Waals surface area contributed by atoms with Gasteiger partial charge in [0, 0.05) is 24.2 Å². The van der Waals surface area contributed by atoms with Gasteiger partial charge in [-0.15, -0.1) is 0 Å². The number of carbonyl (C=O) groups is 1. The van der Waals surface area contributed by atoms with Crippen molar-refractivity contribution in [2.45, 2.75) is 25.7 Å². The van der Waals surface area contributed by atoms with E-state index in [4.69, 9.17) is 17.0 Å². The number of hydrogen-bond donors (Lipinski definition) is 2. The molecule has 0 amide bonds. The number of benzene rings is 1. The summed E-state index contributed by atoms with van der Waals surface area (Å²) in [5.41, 5.74) is 4.49. The first-order valence-electron chi connectivity index (χ1n) is 6.45. The van der Waals surface area contributed by atoms with Crippen LogP contribution in [0.15, 0.2) is 29.4 Å². The number of hydrogen-bond acceptors (Lipinski definition) is 4. The molecule has 2 rings (SSSR count). The number of rotatable bonds is 3. The zero-order chi connectivity index (χ0) is 14.4. The molecule has 1 aromatic carbocycles. The van der Waals surface area contributed by atoms with Gasteiger partial charge in [-0.25, -0.2) is 0 Å². The summed E-state index contributed by atoms with van der Waals surface area (Å²) in [7, 11) is 1.62. The summed E-state index contributed by atoms with van der Waals surface area (Å²) < 4.78 is 5.08. The fraction of sp³-hybridized carbons (Fsp3) is 0.357. The van der Waals surface area contributed by atoms with Crippen LogP contribution in [0.4, 0.5) is 5.69 Å². The first-order valence-corrected chi connectivity index (χ1v) is 6.86. The summed E-state index contributed by atoms with van der Waals surface area (Å²) in [6, 6.07) is 7.42. The van der Waals surface area contributed by atoms with Gasteiger partial charge in [0.15, 0.2) is 5.11 Å².